The summed E-state index contributed by atoms with van der Waals surface area (Å²) in [6, 6.07) is 9.16. The first kappa shape index (κ1) is 19.1. The van der Waals surface area contributed by atoms with E-state index in [9.17, 15) is 4.79 Å². The normalized spacial score (nSPS) is 13.0. The van der Waals surface area contributed by atoms with Crippen LogP contribution in [-0.2, 0) is 4.79 Å². The number of amides is 1. The lowest BCUT2D eigenvalue weighted by atomic mass is 10.1. The minimum Gasteiger partial charge on any atom is -0.354 e. The van der Waals surface area contributed by atoms with Crippen molar-refractivity contribution in [3.63, 3.8) is 0 Å². The molecule has 0 radical (unpaired) electrons. The van der Waals surface area contributed by atoms with Crippen LogP contribution < -0.4 is 11.1 Å². The average molecular weight is 339 g/mol. The molecule has 6 nitrogen and oxygen atoms in total. The number of halogens is 1. The molecular formula is C16H23ClN4O2. The van der Waals surface area contributed by atoms with Gasteiger partial charge in [-0.05, 0) is 6.42 Å². The minimum atomic E-state index is -0.459. The lowest BCUT2D eigenvalue weighted by molar-refractivity contribution is -0.122. The van der Waals surface area contributed by atoms with Crippen molar-refractivity contribution < 1.29 is 9.32 Å². The Bertz CT molecular complexity index is 603. The van der Waals surface area contributed by atoms with E-state index in [2.05, 4.69) is 15.5 Å². The average Bonchev–Trinajstić information content (AvgIpc) is 3.03. The molecule has 23 heavy (non-hydrogen) atoms. The molecule has 0 aliphatic carbocycles. The summed E-state index contributed by atoms with van der Waals surface area (Å²) in [4.78, 5) is 16.2. The van der Waals surface area contributed by atoms with E-state index in [0.29, 0.717) is 24.7 Å². The summed E-state index contributed by atoms with van der Waals surface area (Å²) in [5.74, 6) is 0.846. The van der Waals surface area contributed by atoms with Crippen molar-refractivity contribution in [2.75, 3.05) is 6.54 Å². The smallest absolute Gasteiger partial charge is 0.236 e. The van der Waals surface area contributed by atoms with E-state index in [1.165, 1.54) is 0 Å². The van der Waals surface area contributed by atoms with Crippen molar-refractivity contribution in [3.05, 3.63) is 36.2 Å². The topological polar surface area (TPSA) is 94.0 Å². The van der Waals surface area contributed by atoms with E-state index in [1.54, 1.807) is 0 Å². The first-order chi connectivity index (χ1) is 10.6. The van der Waals surface area contributed by atoms with Gasteiger partial charge in [-0.1, -0.05) is 55.8 Å². The van der Waals surface area contributed by atoms with E-state index < -0.39 is 6.04 Å². The van der Waals surface area contributed by atoms with Crippen LogP contribution in [0.4, 0.5) is 0 Å². The first-order valence-electron chi connectivity index (χ1n) is 7.54. The fraction of sp³-hybridized carbons (Fsp3) is 0.438. The Morgan fingerprint density at radius 1 is 1.35 bits per heavy atom. The van der Waals surface area contributed by atoms with E-state index in [0.717, 1.165) is 12.0 Å². The Hall–Kier alpha value is -1.92. The summed E-state index contributed by atoms with van der Waals surface area (Å²) < 4.78 is 5.28. The number of nitrogens with one attached hydrogen (secondary N) is 1. The molecule has 1 aromatic heterocycles. The van der Waals surface area contributed by atoms with Gasteiger partial charge in [0.25, 0.3) is 0 Å². The van der Waals surface area contributed by atoms with Gasteiger partial charge in [0.1, 0.15) is 0 Å². The van der Waals surface area contributed by atoms with E-state index in [-0.39, 0.29) is 24.2 Å². The van der Waals surface area contributed by atoms with Gasteiger partial charge in [-0.3, -0.25) is 4.79 Å². The molecule has 3 N–H and O–H groups in total. The Balaban J connectivity index is 0.00000264. The molecule has 1 amide bonds. The summed E-state index contributed by atoms with van der Waals surface area (Å²) in [5, 5.41) is 6.80. The molecule has 126 valence electrons. The minimum absolute atomic E-state index is 0. The predicted octanol–water partition coefficient (Wildman–Crippen LogP) is 2.51. The van der Waals surface area contributed by atoms with Gasteiger partial charge in [-0.25, -0.2) is 0 Å². The van der Waals surface area contributed by atoms with Crippen LogP contribution in [0.3, 0.4) is 0 Å². The van der Waals surface area contributed by atoms with Crippen molar-refractivity contribution in [3.8, 4) is 11.4 Å². The van der Waals surface area contributed by atoms with E-state index >= 15 is 0 Å². The lowest BCUT2D eigenvalue weighted by Gasteiger charge is -2.13. The van der Waals surface area contributed by atoms with Gasteiger partial charge in [0.05, 0.1) is 12.0 Å². The second-order valence-corrected chi connectivity index (χ2v) is 5.36. The Labute approximate surface area is 142 Å². The maximum atomic E-state index is 11.8. The lowest BCUT2D eigenvalue weighted by Crippen LogP contribution is -2.41. The van der Waals surface area contributed by atoms with Crippen LogP contribution >= 0.6 is 12.4 Å². The van der Waals surface area contributed by atoms with E-state index in [4.69, 9.17) is 10.3 Å². The quantitative estimate of drug-likeness (QED) is 0.809. The third kappa shape index (κ3) is 5.33. The molecule has 2 aromatic rings. The first-order valence-corrected chi connectivity index (χ1v) is 7.54. The molecule has 7 heteroatoms. The number of carbonyl (C=O) groups excluding carboxylic acids is 1. The predicted molar refractivity (Wildman–Crippen MR) is 91.3 cm³/mol. The largest absolute Gasteiger partial charge is 0.354 e. The van der Waals surface area contributed by atoms with Gasteiger partial charge in [-0.2, -0.15) is 4.98 Å². The molecule has 1 aromatic carbocycles. The Morgan fingerprint density at radius 2 is 2.04 bits per heavy atom. The summed E-state index contributed by atoms with van der Waals surface area (Å²) in [6.07, 6.45) is 1.56. The number of aromatic nitrogens is 2. The van der Waals surface area contributed by atoms with Gasteiger partial charge in [-0.15, -0.1) is 12.4 Å². The maximum absolute atomic E-state index is 11.8. The number of hydrogen-bond acceptors (Lipinski definition) is 5. The van der Waals surface area contributed by atoms with Crippen LogP contribution in [0.25, 0.3) is 11.4 Å². The number of hydrogen-bond donors (Lipinski definition) is 2. The summed E-state index contributed by atoms with van der Waals surface area (Å²) in [7, 11) is 0. The van der Waals surface area contributed by atoms with E-state index in [1.807, 2.05) is 44.2 Å². The molecular weight excluding hydrogens is 316 g/mol. The molecule has 0 fully saturated rings. The van der Waals surface area contributed by atoms with Gasteiger partial charge < -0.3 is 15.6 Å². The molecule has 1 heterocycles. The van der Waals surface area contributed by atoms with Gasteiger partial charge in [0.2, 0.25) is 17.6 Å². The van der Waals surface area contributed by atoms with Crippen LogP contribution in [0.1, 0.15) is 38.5 Å². The van der Waals surface area contributed by atoms with Crippen LogP contribution in [0.5, 0.6) is 0 Å². The number of nitrogens with zero attached hydrogens (tertiary/aromatic N) is 2. The highest BCUT2D eigenvalue weighted by Crippen LogP contribution is 2.18. The SMILES string of the molecule is CCCC(N)C(=O)NCC(C)c1nc(-c2ccccc2)no1.Cl. The van der Waals surface area contributed by atoms with Gasteiger partial charge in [0, 0.05) is 12.1 Å². The Morgan fingerprint density at radius 3 is 2.70 bits per heavy atom. The molecule has 0 saturated heterocycles. The highest BCUT2D eigenvalue weighted by Gasteiger charge is 2.18. The third-order valence-electron chi connectivity index (χ3n) is 3.41. The fourth-order valence-corrected chi connectivity index (χ4v) is 2.05. The summed E-state index contributed by atoms with van der Waals surface area (Å²) in [5.41, 5.74) is 6.67. The molecule has 2 atom stereocenters. The van der Waals surface area contributed by atoms with Crippen LogP contribution in [0.2, 0.25) is 0 Å². The molecule has 2 unspecified atom stereocenters. The second kappa shape index (κ2) is 9.27. The molecule has 0 saturated carbocycles. The van der Waals surface area contributed by atoms with Crippen molar-refractivity contribution in [2.45, 2.75) is 38.6 Å². The zero-order valence-corrected chi connectivity index (χ0v) is 14.2. The number of nitrogens with two attached hydrogens (primary N) is 1. The van der Waals surface area contributed by atoms with Crippen molar-refractivity contribution in [1.29, 1.82) is 0 Å². The molecule has 0 bridgehead atoms. The monoisotopic (exact) mass is 338 g/mol. The maximum Gasteiger partial charge on any atom is 0.236 e. The van der Waals surface area contributed by atoms with Crippen LogP contribution in [-0.4, -0.2) is 28.6 Å². The molecule has 0 spiro atoms. The standard InChI is InChI=1S/C16H22N4O2.ClH/c1-3-7-13(17)15(21)18-10-11(2)16-19-14(20-22-16)12-8-5-4-6-9-12;/h4-6,8-9,11,13H,3,7,10,17H2,1-2H3,(H,18,21);1H. The van der Waals surface area contributed by atoms with Gasteiger partial charge >= 0.3 is 0 Å². The zero-order valence-electron chi connectivity index (χ0n) is 13.4. The molecule has 0 aliphatic rings. The Kier molecular flexibility index (Phi) is 7.71. The van der Waals surface area contributed by atoms with Crippen molar-refractivity contribution in [1.82, 2.24) is 15.5 Å². The zero-order chi connectivity index (χ0) is 15.9. The van der Waals surface area contributed by atoms with Crippen molar-refractivity contribution in [2.24, 2.45) is 5.73 Å². The second-order valence-electron chi connectivity index (χ2n) is 5.36. The molecule has 0 aliphatic heterocycles. The number of carbonyl (C=O) groups is 1. The van der Waals surface area contributed by atoms with Crippen LogP contribution in [0, 0.1) is 0 Å². The third-order valence-corrected chi connectivity index (χ3v) is 3.41. The van der Waals surface area contributed by atoms with Crippen molar-refractivity contribution >= 4 is 18.3 Å². The van der Waals surface area contributed by atoms with Gasteiger partial charge in [0.15, 0.2) is 0 Å². The summed E-state index contributed by atoms with van der Waals surface area (Å²) in [6.45, 7) is 4.35. The highest BCUT2D eigenvalue weighted by molar-refractivity contribution is 5.85. The number of benzene rings is 1. The van der Waals surface area contributed by atoms with Crippen LogP contribution in [0.15, 0.2) is 34.9 Å². The number of rotatable bonds is 7. The highest BCUT2D eigenvalue weighted by atomic mass is 35.5. The summed E-state index contributed by atoms with van der Waals surface area (Å²) >= 11 is 0. The fourth-order valence-electron chi connectivity index (χ4n) is 2.05. The molecule has 2 rings (SSSR count).